The van der Waals surface area contributed by atoms with Gasteiger partial charge in [-0.05, 0) is 24.1 Å². The van der Waals surface area contributed by atoms with Crippen molar-refractivity contribution in [3.05, 3.63) is 70.1 Å². The quantitative estimate of drug-likeness (QED) is 0.269. The lowest BCUT2D eigenvalue weighted by Crippen LogP contribution is -2.38. The fraction of sp³-hybridized carbons (Fsp3) is 0.368. The molecule has 0 radical (unpaired) electrons. The summed E-state index contributed by atoms with van der Waals surface area (Å²) < 4.78 is 6.72. The molecular formula is C19H27IN4O2. The van der Waals surface area contributed by atoms with Crippen LogP contribution in [0.25, 0.3) is 0 Å². The highest BCUT2D eigenvalue weighted by Crippen LogP contribution is 2.07. The minimum absolute atomic E-state index is 0. The van der Waals surface area contributed by atoms with Crippen LogP contribution in [0.3, 0.4) is 0 Å². The molecule has 0 saturated carbocycles. The first-order chi connectivity index (χ1) is 12.2. The van der Waals surface area contributed by atoms with Crippen LogP contribution in [0.4, 0.5) is 0 Å². The molecule has 1 aromatic heterocycles. The number of halogens is 1. The van der Waals surface area contributed by atoms with Crippen molar-refractivity contribution in [3.63, 3.8) is 0 Å². The second kappa shape index (κ2) is 12.5. The van der Waals surface area contributed by atoms with E-state index in [4.69, 9.17) is 4.74 Å². The zero-order valence-corrected chi connectivity index (χ0v) is 17.6. The van der Waals surface area contributed by atoms with Gasteiger partial charge in [-0.25, -0.2) is 4.99 Å². The van der Waals surface area contributed by atoms with Crippen LogP contribution in [0.1, 0.15) is 18.1 Å². The van der Waals surface area contributed by atoms with Crippen molar-refractivity contribution < 1.29 is 4.74 Å². The molecule has 0 aliphatic heterocycles. The molecule has 0 aliphatic rings. The third-order valence-electron chi connectivity index (χ3n) is 3.64. The van der Waals surface area contributed by atoms with Crippen molar-refractivity contribution in [1.29, 1.82) is 0 Å². The minimum atomic E-state index is 0. The maximum atomic E-state index is 11.8. The number of aliphatic imine (C=N–C) groups is 1. The number of ether oxygens (including phenoxy) is 1. The Balaban J connectivity index is 0.00000338. The summed E-state index contributed by atoms with van der Waals surface area (Å²) in [5.74, 6) is 0.777. The first kappa shape index (κ1) is 22.2. The van der Waals surface area contributed by atoms with Gasteiger partial charge in [0.2, 0.25) is 0 Å². The Morgan fingerprint density at radius 3 is 2.50 bits per heavy atom. The molecule has 26 heavy (non-hydrogen) atoms. The highest BCUT2D eigenvalue weighted by Gasteiger charge is 2.00. The topological polar surface area (TPSA) is 67.7 Å². The van der Waals surface area contributed by atoms with Crippen molar-refractivity contribution in [2.45, 2.75) is 20.0 Å². The molecule has 0 aliphatic carbocycles. The van der Waals surface area contributed by atoms with E-state index < -0.39 is 0 Å². The number of rotatable bonds is 8. The van der Waals surface area contributed by atoms with Crippen LogP contribution < -0.4 is 16.2 Å². The number of pyridine rings is 1. The standard InChI is InChI=1S/C19H26N4O2.HI/c1-3-20-19(21-11-13-25-2)22-14-16-7-9-17(10-8-16)15-23-12-5-4-6-18(23)24;/h4-10,12H,3,11,13-15H2,1-2H3,(H2,20,21,22);1H. The van der Waals surface area contributed by atoms with Gasteiger partial charge in [0.1, 0.15) is 0 Å². The van der Waals surface area contributed by atoms with E-state index in [0.717, 1.165) is 23.6 Å². The van der Waals surface area contributed by atoms with Gasteiger partial charge in [-0.1, -0.05) is 30.3 Å². The second-order valence-electron chi connectivity index (χ2n) is 5.60. The van der Waals surface area contributed by atoms with Crippen LogP contribution in [0, 0.1) is 0 Å². The summed E-state index contributed by atoms with van der Waals surface area (Å²) in [6.45, 7) is 5.36. The number of guanidine groups is 1. The predicted molar refractivity (Wildman–Crippen MR) is 116 cm³/mol. The van der Waals surface area contributed by atoms with E-state index in [1.807, 2.05) is 37.3 Å². The third kappa shape index (κ3) is 7.57. The Hall–Kier alpha value is -1.87. The van der Waals surface area contributed by atoms with E-state index in [0.29, 0.717) is 26.2 Å². The average Bonchev–Trinajstić information content (AvgIpc) is 2.63. The Labute approximate surface area is 171 Å². The highest BCUT2D eigenvalue weighted by molar-refractivity contribution is 14.0. The summed E-state index contributed by atoms with van der Waals surface area (Å²) in [4.78, 5) is 16.3. The van der Waals surface area contributed by atoms with Gasteiger partial charge in [-0.2, -0.15) is 0 Å². The lowest BCUT2D eigenvalue weighted by atomic mass is 10.1. The van der Waals surface area contributed by atoms with E-state index >= 15 is 0 Å². The Morgan fingerprint density at radius 2 is 1.85 bits per heavy atom. The monoisotopic (exact) mass is 470 g/mol. The van der Waals surface area contributed by atoms with E-state index in [2.05, 4.69) is 15.6 Å². The van der Waals surface area contributed by atoms with E-state index in [1.54, 1.807) is 30.0 Å². The first-order valence-electron chi connectivity index (χ1n) is 8.47. The van der Waals surface area contributed by atoms with Gasteiger partial charge in [0.15, 0.2) is 5.96 Å². The number of aromatic nitrogens is 1. The van der Waals surface area contributed by atoms with Gasteiger partial charge >= 0.3 is 0 Å². The maximum Gasteiger partial charge on any atom is 0.250 e. The lowest BCUT2D eigenvalue weighted by molar-refractivity contribution is 0.203. The van der Waals surface area contributed by atoms with Crippen LogP contribution in [-0.2, 0) is 17.8 Å². The molecule has 0 amide bonds. The third-order valence-corrected chi connectivity index (χ3v) is 3.64. The molecule has 0 atom stereocenters. The molecule has 0 fully saturated rings. The Kier molecular flexibility index (Phi) is 10.6. The molecule has 1 aromatic carbocycles. The van der Waals surface area contributed by atoms with E-state index in [9.17, 15) is 4.79 Å². The van der Waals surface area contributed by atoms with Crippen LogP contribution >= 0.6 is 24.0 Å². The summed E-state index contributed by atoms with van der Waals surface area (Å²) >= 11 is 0. The molecule has 6 nitrogen and oxygen atoms in total. The van der Waals surface area contributed by atoms with Crippen LogP contribution in [0.5, 0.6) is 0 Å². The fourth-order valence-electron chi connectivity index (χ4n) is 2.32. The predicted octanol–water partition coefficient (Wildman–Crippen LogP) is 2.22. The highest BCUT2D eigenvalue weighted by atomic mass is 127. The van der Waals surface area contributed by atoms with Crippen LogP contribution in [0.15, 0.2) is 58.4 Å². The molecule has 7 heteroatoms. The maximum absolute atomic E-state index is 11.8. The number of nitrogens with one attached hydrogen (secondary N) is 2. The van der Waals surface area contributed by atoms with Crippen molar-refractivity contribution in [1.82, 2.24) is 15.2 Å². The van der Waals surface area contributed by atoms with Crippen molar-refractivity contribution in [2.24, 2.45) is 4.99 Å². The number of hydrogen-bond donors (Lipinski definition) is 2. The summed E-state index contributed by atoms with van der Waals surface area (Å²) in [6.07, 6.45) is 1.80. The minimum Gasteiger partial charge on any atom is -0.383 e. The summed E-state index contributed by atoms with van der Waals surface area (Å²) in [7, 11) is 1.68. The molecule has 0 saturated heterocycles. The van der Waals surface area contributed by atoms with Gasteiger partial charge < -0.3 is 19.9 Å². The largest absolute Gasteiger partial charge is 0.383 e. The molecule has 0 spiro atoms. The van der Waals surface area contributed by atoms with Crippen molar-refractivity contribution >= 4 is 29.9 Å². The van der Waals surface area contributed by atoms with Crippen molar-refractivity contribution in [2.75, 3.05) is 26.8 Å². The Morgan fingerprint density at radius 1 is 1.12 bits per heavy atom. The lowest BCUT2D eigenvalue weighted by Gasteiger charge is -2.11. The molecule has 0 bridgehead atoms. The molecule has 2 N–H and O–H groups in total. The average molecular weight is 470 g/mol. The molecule has 2 rings (SSSR count). The van der Waals surface area contributed by atoms with Gasteiger partial charge in [-0.15, -0.1) is 24.0 Å². The summed E-state index contributed by atoms with van der Waals surface area (Å²) in [5.41, 5.74) is 2.22. The smallest absolute Gasteiger partial charge is 0.250 e. The summed E-state index contributed by atoms with van der Waals surface area (Å²) in [5, 5.41) is 6.43. The SMILES string of the molecule is CCNC(=NCc1ccc(Cn2ccccc2=O)cc1)NCCOC.I. The summed E-state index contributed by atoms with van der Waals surface area (Å²) in [6, 6.07) is 13.4. The molecular weight excluding hydrogens is 443 g/mol. The van der Waals surface area contributed by atoms with Gasteiger partial charge in [0.25, 0.3) is 5.56 Å². The fourth-order valence-corrected chi connectivity index (χ4v) is 2.32. The molecule has 0 unspecified atom stereocenters. The van der Waals surface area contributed by atoms with Crippen LogP contribution in [-0.4, -0.2) is 37.3 Å². The van der Waals surface area contributed by atoms with Crippen molar-refractivity contribution in [3.8, 4) is 0 Å². The first-order valence-corrected chi connectivity index (χ1v) is 8.47. The second-order valence-corrected chi connectivity index (χ2v) is 5.60. The van der Waals surface area contributed by atoms with E-state index in [-0.39, 0.29) is 29.5 Å². The van der Waals surface area contributed by atoms with Gasteiger partial charge in [-0.3, -0.25) is 4.79 Å². The van der Waals surface area contributed by atoms with E-state index in [1.165, 1.54) is 0 Å². The van der Waals surface area contributed by atoms with Gasteiger partial charge in [0.05, 0.1) is 19.7 Å². The number of benzene rings is 1. The molecule has 142 valence electrons. The van der Waals surface area contributed by atoms with Gasteiger partial charge in [0, 0.05) is 32.5 Å². The van der Waals surface area contributed by atoms with Crippen LogP contribution in [0.2, 0.25) is 0 Å². The number of hydrogen-bond acceptors (Lipinski definition) is 3. The Bertz CT molecular complexity index is 729. The number of methoxy groups -OCH3 is 1. The number of nitrogens with zero attached hydrogens (tertiary/aromatic N) is 2. The zero-order valence-electron chi connectivity index (χ0n) is 15.3. The zero-order chi connectivity index (χ0) is 17.9. The normalized spacial score (nSPS) is 10.9. The molecule has 1 heterocycles. The molecule has 2 aromatic rings.